The molecule has 0 saturated heterocycles. The van der Waals surface area contributed by atoms with Crippen molar-refractivity contribution in [1.29, 1.82) is 0 Å². The Hall–Kier alpha value is -1.49. The van der Waals surface area contributed by atoms with E-state index >= 15 is 0 Å². The van der Waals surface area contributed by atoms with Gasteiger partial charge in [-0.05, 0) is 19.4 Å². The Bertz CT molecular complexity index is 275. The van der Waals surface area contributed by atoms with Gasteiger partial charge in [0.1, 0.15) is 6.33 Å². The molecule has 0 aliphatic carbocycles. The van der Waals surface area contributed by atoms with Crippen molar-refractivity contribution < 1.29 is 4.79 Å². The van der Waals surface area contributed by atoms with E-state index in [4.69, 9.17) is 5.73 Å². The fourth-order valence-corrected chi connectivity index (χ4v) is 0.990. The normalized spacial score (nSPS) is 9.79. The SMILES string of the molecule is NCCCCNC(=O)c1cncnc1. The van der Waals surface area contributed by atoms with E-state index in [-0.39, 0.29) is 5.91 Å². The molecule has 0 radical (unpaired) electrons. The molecule has 76 valence electrons. The fraction of sp³-hybridized carbons (Fsp3) is 0.444. The monoisotopic (exact) mass is 194 g/mol. The van der Waals surface area contributed by atoms with E-state index in [1.807, 2.05) is 0 Å². The van der Waals surface area contributed by atoms with E-state index in [2.05, 4.69) is 15.3 Å². The van der Waals surface area contributed by atoms with Crippen LogP contribution in [0.2, 0.25) is 0 Å². The molecular weight excluding hydrogens is 180 g/mol. The van der Waals surface area contributed by atoms with Crippen LogP contribution in [0.5, 0.6) is 0 Å². The zero-order valence-electron chi connectivity index (χ0n) is 7.94. The first-order valence-electron chi connectivity index (χ1n) is 4.58. The Balaban J connectivity index is 2.29. The average Bonchev–Trinajstić information content (AvgIpc) is 2.25. The van der Waals surface area contributed by atoms with Crippen LogP contribution in [0.1, 0.15) is 23.2 Å². The minimum Gasteiger partial charge on any atom is -0.352 e. The van der Waals surface area contributed by atoms with Gasteiger partial charge in [0, 0.05) is 18.9 Å². The Morgan fingerprint density at radius 1 is 1.36 bits per heavy atom. The molecule has 0 fully saturated rings. The van der Waals surface area contributed by atoms with Crippen LogP contribution >= 0.6 is 0 Å². The van der Waals surface area contributed by atoms with Crippen molar-refractivity contribution in [2.75, 3.05) is 13.1 Å². The number of hydrogen-bond acceptors (Lipinski definition) is 4. The number of amides is 1. The summed E-state index contributed by atoms with van der Waals surface area (Å²) in [6, 6.07) is 0. The zero-order chi connectivity index (χ0) is 10.2. The van der Waals surface area contributed by atoms with Crippen LogP contribution in [0.25, 0.3) is 0 Å². The van der Waals surface area contributed by atoms with Gasteiger partial charge >= 0.3 is 0 Å². The summed E-state index contributed by atoms with van der Waals surface area (Å²) >= 11 is 0. The smallest absolute Gasteiger partial charge is 0.254 e. The molecule has 0 spiro atoms. The number of carbonyl (C=O) groups excluding carboxylic acids is 1. The van der Waals surface area contributed by atoms with Gasteiger partial charge in [-0.25, -0.2) is 9.97 Å². The summed E-state index contributed by atoms with van der Waals surface area (Å²) in [5, 5.41) is 2.76. The standard InChI is InChI=1S/C9H14N4O/c10-3-1-2-4-13-9(14)8-5-11-7-12-6-8/h5-7H,1-4,10H2,(H,13,14). The molecule has 1 heterocycles. The number of nitrogens with zero attached hydrogens (tertiary/aromatic N) is 2. The first-order chi connectivity index (χ1) is 6.84. The van der Waals surface area contributed by atoms with E-state index in [1.54, 1.807) is 0 Å². The Morgan fingerprint density at radius 2 is 2.07 bits per heavy atom. The lowest BCUT2D eigenvalue weighted by atomic mass is 10.3. The van der Waals surface area contributed by atoms with Crippen molar-refractivity contribution in [2.24, 2.45) is 5.73 Å². The highest BCUT2D eigenvalue weighted by atomic mass is 16.1. The van der Waals surface area contributed by atoms with E-state index < -0.39 is 0 Å². The number of unbranched alkanes of at least 4 members (excludes halogenated alkanes) is 1. The lowest BCUT2D eigenvalue weighted by Crippen LogP contribution is -2.25. The summed E-state index contributed by atoms with van der Waals surface area (Å²) in [5.74, 6) is -0.136. The predicted octanol–water partition coefficient (Wildman–Crippen LogP) is -0.0547. The zero-order valence-corrected chi connectivity index (χ0v) is 7.94. The molecule has 0 saturated carbocycles. The van der Waals surface area contributed by atoms with Crippen LogP contribution in [0.15, 0.2) is 18.7 Å². The van der Waals surface area contributed by atoms with E-state index in [0.717, 1.165) is 12.8 Å². The maximum Gasteiger partial charge on any atom is 0.254 e. The molecule has 0 aliphatic rings. The van der Waals surface area contributed by atoms with Crippen LogP contribution in [-0.4, -0.2) is 29.0 Å². The van der Waals surface area contributed by atoms with Crippen molar-refractivity contribution in [3.63, 3.8) is 0 Å². The highest BCUT2D eigenvalue weighted by molar-refractivity contribution is 5.93. The molecule has 1 rings (SSSR count). The van der Waals surface area contributed by atoms with Crippen LogP contribution in [0.3, 0.4) is 0 Å². The van der Waals surface area contributed by atoms with Crippen LogP contribution in [0, 0.1) is 0 Å². The van der Waals surface area contributed by atoms with Crippen LogP contribution in [-0.2, 0) is 0 Å². The second kappa shape index (κ2) is 6.04. The molecule has 0 atom stereocenters. The van der Waals surface area contributed by atoms with Crippen molar-refractivity contribution in [1.82, 2.24) is 15.3 Å². The summed E-state index contributed by atoms with van der Waals surface area (Å²) in [6.45, 7) is 1.30. The van der Waals surface area contributed by atoms with Crippen molar-refractivity contribution >= 4 is 5.91 Å². The third-order valence-electron chi connectivity index (χ3n) is 1.74. The second-order valence-electron chi connectivity index (χ2n) is 2.88. The lowest BCUT2D eigenvalue weighted by Gasteiger charge is -2.03. The number of aromatic nitrogens is 2. The molecule has 1 amide bonds. The van der Waals surface area contributed by atoms with Crippen LogP contribution < -0.4 is 11.1 Å². The van der Waals surface area contributed by atoms with Crippen molar-refractivity contribution in [2.45, 2.75) is 12.8 Å². The van der Waals surface area contributed by atoms with E-state index in [1.165, 1.54) is 18.7 Å². The summed E-state index contributed by atoms with van der Waals surface area (Å²) in [6.07, 6.45) is 6.20. The molecule has 1 aromatic rings. The molecular formula is C9H14N4O. The molecule has 0 unspecified atom stereocenters. The fourth-order valence-electron chi connectivity index (χ4n) is 0.990. The molecule has 0 bridgehead atoms. The van der Waals surface area contributed by atoms with Gasteiger partial charge in [-0.2, -0.15) is 0 Å². The van der Waals surface area contributed by atoms with Gasteiger partial charge in [0.05, 0.1) is 5.56 Å². The van der Waals surface area contributed by atoms with E-state index in [0.29, 0.717) is 18.7 Å². The molecule has 3 N–H and O–H groups in total. The molecule has 0 aliphatic heterocycles. The van der Waals surface area contributed by atoms with Gasteiger partial charge in [0.15, 0.2) is 0 Å². The first-order valence-corrected chi connectivity index (χ1v) is 4.58. The largest absolute Gasteiger partial charge is 0.352 e. The lowest BCUT2D eigenvalue weighted by molar-refractivity contribution is 0.0952. The average molecular weight is 194 g/mol. The summed E-state index contributed by atoms with van der Waals surface area (Å²) in [7, 11) is 0. The number of nitrogens with two attached hydrogens (primary N) is 1. The number of carbonyl (C=O) groups is 1. The Kier molecular flexibility index (Phi) is 4.57. The number of rotatable bonds is 5. The third-order valence-corrected chi connectivity index (χ3v) is 1.74. The quantitative estimate of drug-likeness (QED) is 0.644. The topological polar surface area (TPSA) is 80.9 Å². The summed E-state index contributed by atoms with van der Waals surface area (Å²) in [5.41, 5.74) is 5.81. The highest BCUT2D eigenvalue weighted by Gasteiger charge is 2.03. The van der Waals surface area contributed by atoms with Crippen molar-refractivity contribution in [3.05, 3.63) is 24.3 Å². The number of nitrogens with one attached hydrogen (secondary N) is 1. The second-order valence-corrected chi connectivity index (χ2v) is 2.88. The Labute approximate surface area is 82.7 Å². The van der Waals surface area contributed by atoms with Crippen molar-refractivity contribution in [3.8, 4) is 0 Å². The summed E-state index contributed by atoms with van der Waals surface area (Å²) in [4.78, 5) is 18.9. The molecule has 14 heavy (non-hydrogen) atoms. The molecule has 0 aromatic carbocycles. The summed E-state index contributed by atoms with van der Waals surface area (Å²) < 4.78 is 0. The maximum absolute atomic E-state index is 11.4. The van der Waals surface area contributed by atoms with Gasteiger partial charge in [0.25, 0.3) is 5.91 Å². The molecule has 5 heteroatoms. The minimum absolute atomic E-state index is 0.136. The van der Waals surface area contributed by atoms with Gasteiger partial charge in [0.2, 0.25) is 0 Å². The Morgan fingerprint density at radius 3 is 2.71 bits per heavy atom. The maximum atomic E-state index is 11.4. The highest BCUT2D eigenvalue weighted by Crippen LogP contribution is 1.92. The molecule has 5 nitrogen and oxygen atoms in total. The van der Waals surface area contributed by atoms with Crippen LogP contribution in [0.4, 0.5) is 0 Å². The van der Waals surface area contributed by atoms with Gasteiger partial charge in [-0.3, -0.25) is 4.79 Å². The first kappa shape index (κ1) is 10.6. The van der Waals surface area contributed by atoms with Gasteiger partial charge in [-0.1, -0.05) is 0 Å². The molecule has 1 aromatic heterocycles. The minimum atomic E-state index is -0.136. The van der Waals surface area contributed by atoms with E-state index in [9.17, 15) is 4.79 Å². The van der Waals surface area contributed by atoms with Gasteiger partial charge < -0.3 is 11.1 Å². The van der Waals surface area contributed by atoms with Gasteiger partial charge in [-0.15, -0.1) is 0 Å². The number of hydrogen-bond donors (Lipinski definition) is 2. The third kappa shape index (κ3) is 3.49. The predicted molar refractivity (Wildman–Crippen MR) is 52.7 cm³/mol.